The molecular formula is C21H26ClN3O3. The van der Waals surface area contributed by atoms with Gasteiger partial charge in [-0.05, 0) is 49.2 Å². The van der Waals surface area contributed by atoms with E-state index < -0.39 is 0 Å². The molecule has 0 aliphatic carbocycles. The van der Waals surface area contributed by atoms with E-state index in [1.807, 2.05) is 56.3 Å². The first-order chi connectivity index (χ1) is 13.5. The molecule has 3 atom stereocenters. The number of methoxy groups -OCH3 is 1. The minimum Gasteiger partial charge on any atom is -0.497 e. The van der Waals surface area contributed by atoms with Crippen molar-refractivity contribution < 1.29 is 14.3 Å². The number of hydrogen-bond acceptors (Lipinski definition) is 5. The largest absolute Gasteiger partial charge is 0.497 e. The first-order valence-corrected chi connectivity index (χ1v) is 9.76. The number of ether oxygens (including phenoxy) is 2. The van der Waals surface area contributed by atoms with Crippen molar-refractivity contribution in [1.82, 2.24) is 16.2 Å². The Bertz CT molecular complexity index is 813. The molecule has 7 heteroatoms. The second kappa shape index (κ2) is 9.28. The summed E-state index contributed by atoms with van der Waals surface area (Å²) in [6.07, 6.45) is 0. The van der Waals surface area contributed by atoms with Gasteiger partial charge in [0.2, 0.25) is 5.91 Å². The van der Waals surface area contributed by atoms with Crippen molar-refractivity contribution in [1.29, 1.82) is 0 Å². The van der Waals surface area contributed by atoms with Gasteiger partial charge in [-0.2, -0.15) is 0 Å². The smallest absolute Gasteiger partial charge is 0.226 e. The maximum absolute atomic E-state index is 12.9. The lowest BCUT2D eigenvalue weighted by atomic mass is 9.93. The summed E-state index contributed by atoms with van der Waals surface area (Å²) < 4.78 is 10.7. The number of benzene rings is 2. The van der Waals surface area contributed by atoms with Gasteiger partial charge in [-0.15, -0.1) is 0 Å². The van der Waals surface area contributed by atoms with E-state index >= 15 is 0 Å². The van der Waals surface area contributed by atoms with E-state index in [0.717, 1.165) is 16.9 Å². The third-order valence-corrected chi connectivity index (χ3v) is 5.20. The number of rotatable bonds is 7. The Balaban J connectivity index is 1.69. The predicted octanol–water partition coefficient (Wildman–Crippen LogP) is 3.39. The highest BCUT2D eigenvalue weighted by Gasteiger charge is 2.34. The molecule has 3 unspecified atom stereocenters. The number of carbonyl (C=O) groups is 1. The van der Waals surface area contributed by atoms with E-state index in [0.29, 0.717) is 23.9 Å². The van der Waals surface area contributed by atoms with Gasteiger partial charge < -0.3 is 14.8 Å². The summed E-state index contributed by atoms with van der Waals surface area (Å²) in [5.74, 6) is 1.16. The van der Waals surface area contributed by atoms with Crippen LogP contribution in [0.1, 0.15) is 37.1 Å². The number of carbonyl (C=O) groups excluding carboxylic acids is 1. The average molecular weight is 404 g/mol. The van der Waals surface area contributed by atoms with Crippen molar-refractivity contribution in [3.63, 3.8) is 0 Å². The topological polar surface area (TPSA) is 71.6 Å². The molecular weight excluding hydrogens is 378 g/mol. The highest BCUT2D eigenvalue weighted by atomic mass is 35.5. The third kappa shape index (κ3) is 4.58. The lowest BCUT2D eigenvalue weighted by Gasteiger charge is -2.22. The maximum atomic E-state index is 12.9. The minimum absolute atomic E-state index is 0.0178. The van der Waals surface area contributed by atoms with Crippen molar-refractivity contribution in [2.75, 3.05) is 20.3 Å². The van der Waals surface area contributed by atoms with Crippen LogP contribution in [0, 0.1) is 5.92 Å². The summed E-state index contributed by atoms with van der Waals surface area (Å²) in [6.45, 7) is 4.97. The Labute approximate surface area is 170 Å². The SMILES string of the molecule is CCOc1ccc(C2NNCC2C(=O)NC(C)c2ccc(OC)cc2)cc1Cl. The van der Waals surface area contributed by atoms with Gasteiger partial charge in [0.05, 0.1) is 36.7 Å². The Morgan fingerprint density at radius 2 is 2.04 bits per heavy atom. The van der Waals surface area contributed by atoms with Crippen molar-refractivity contribution in [2.24, 2.45) is 5.92 Å². The van der Waals surface area contributed by atoms with Crippen LogP contribution in [0.5, 0.6) is 11.5 Å². The number of hydrazine groups is 1. The number of hydrogen-bond donors (Lipinski definition) is 3. The summed E-state index contributed by atoms with van der Waals surface area (Å²) >= 11 is 6.32. The standard InChI is InChI=1S/C21H26ClN3O3/c1-4-28-19-10-7-15(11-18(19)22)20-17(12-23-25-20)21(26)24-13(2)14-5-8-16(27-3)9-6-14/h5-11,13,17,20,23,25H,4,12H2,1-3H3,(H,24,26). The number of nitrogens with one attached hydrogen (secondary N) is 3. The van der Waals surface area contributed by atoms with Gasteiger partial charge in [-0.25, -0.2) is 5.43 Å². The Hall–Kier alpha value is -2.28. The van der Waals surface area contributed by atoms with E-state index in [9.17, 15) is 4.79 Å². The quantitative estimate of drug-likeness (QED) is 0.661. The molecule has 3 rings (SSSR count). The van der Waals surface area contributed by atoms with E-state index in [-0.39, 0.29) is 23.9 Å². The van der Waals surface area contributed by atoms with Crippen LogP contribution in [0.25, 0.3) is 0 Å². The third-order valence-electron chi connectivity index (χ3n) is 4.91. The molecule has 1 amide bonds. The summed E-state index contributed by atoms with van der Waals surface area (Å²) in [6, 6.07) is 13.1. The van der Waals surface area contributed by atoms with Gasteiger partial charge in [0, 0.05) is 6.54 Å². The normalized spacial score (nSPS) is 19.9. The maximum Gasteiger partial charge on any atom is 0.226 e. The zero-order valence-electron chi connectivity index (χ0n) is 16.3. The fraction of sp³-hybridized carbons (Fsp3) is 0.381. The van der Waals surface area contributed by atoms with Crippen molar-refractivity contribution in [3.05, 3.63) is 58.6 Å². The summed E-state index contributed by atoms with van der Waals surface area (Å²) in [7, 11) is 1.63. The number of halogens is 1. The molecule has 0 bridgehead atoms. The van der Waals surface area contributed by atoms with E-state index in [4.69, 9.17) is 21.1 Å². The molecule has 1 heterocycles. The van der Waals surface area contributed by atoms with Gasteiger partial charge in [0.15, 0.2) is 0 Å². The molecule has 1 aliphatic rings. The van der Waals surface area contributed by atoms with Gasteiger partial charge >= 0.3 is 0 Å². The summed E-state index contributed by atoms with van der Waals surface area (Å²) in [5.41, 5.74) is 8.23. The zero-order chi connectivity index (χ0) is 20.1. The first-order valence-electron chi connectivity index (χ1n) is 9.38. The lowest BCUT2D eigenvalue weighted by Crippen LogP contribution is -2.36. The van der Waals surface area contributed by atoms with Gasteiger partial charge in [-0.3, -0.25) is 10.2 Å². The Morgan fingerprint density at radius 3 is 2.68 bits per heavy atom. The second-order valence-electron chi connectivity index (χ2n) is 6.74. The van der Waals surface area contributed by atoms with E-state index in [2.05, 4.69) is 16.2 Å². The average Bonchev–Trinajstić information content (AvgIpc) is 3.19. The van der Waals surface area contributed by atoms with Crippen LogP contribution >= 0.6 is 11.6 Å². The molecule has 2 aromatic carbocycles. The summed E-state index contributed by atoms with van der Waals surface area (Å²) in [5, 5.41) is 3.64. The molecule has 0 aromatic heterocycles. The van der Waals surface area contributed by atoms with Crippen LogP contribution in [-0.2, 0) is 4.79 Å². The number of amides is 1. The molecule has 1 aliphatic heterocycles. The van der Waals surface area contributed by atoms with Gasteiger partial charge in [0.25, 0.3) is 0 Å². The fourth-order valence-electron chi connectivity index (χ4n) is 3.34. The lowest BCUT2D eigenvalue weighted by molar-refractivity contribution is -0.125. The Kier molecular flexibility index (Phi) is 6.78. The predicted molar refractivity (Wildman–Crippen MR) is 110 cm³/mol. The summed E-state index contributed by atoms with van der Waals surface area (Å²) in [4.78, 5) is 12.9. The van der Waals surface area contributed by atoms with Crippen LogP contribution < -0.4 is 25.6 Å². The molecule has 150 valence electrons. The van der Waals surface area contributed by atoms with Crippen LogP contribution in [-0.4, -0.2) is 26.2 Å². The monoisotopic (exact) mass is 403 g/mol. The molecule has 1 saturated heterocycles. The molecule has 3 N–H and O–H groups in total. The molecule has 2 aromatic rings. The molecule has 28 heavy (non-hydrogen) atoms. The highest BCUT2D eigenvalue weighted by Crippen LogP contribution is 2.32. The second-order valence-corrected chi connectivity index (χ2v) is 7.14. The van der Waals surface area contributed by atoms with E-state index in [1.165, 1.54) is 0 Å². The van der Waals surface area contributed by atoms with Gasteiger partial charge in [0.1, 0.15) is 11.5 Å². The van der Waals surface area contributed by atoms with Gasteiger partial charge in [-0.1, -0.05) is 29.8 Å². The zero-order valence-corrected chi connectivity index (χ0v) is 17.0. The molecule has 0 saturated carbocycles. The minimum atomic E-state index is -0.255. The molecule has 1 fully saturated rings. The van der Waals surface area contributed by atoms with Crippen molar-refractivity contribution in [2.45, 2.75) is 25.9 Å². The van der Waals surface area contributed by atoms with Crippen LogP contribution in [0.15, 0.2) is 42.5 Å². The molecule has 0 spiro atoms. The van der Waals surface area contributed by atoms with Crippen molar-refractivity contribution in [3.8, 4) is 11.5 Å². The Morgan fingerprint density at radius 1 is 1.29 bits per heavy atom. The van der Waals surface area contributed by atoms with Crippen LogP contribution in [0.2, 0.25) is 5.02 Å². The van der Waals surface area contributed by atoms with Crippen molar-refractivity contribution >= 4 is 17.5 Å². The van der Waals surface area contributed by atoms with E-state index in [1.54, 1.807) is 7.11 Å². The highest BCUT2D eigenvalue weighted by molar-refractivity contribution is 6.32. The fourth-order valence-corrected chi connectivity index (χ4v) is 3.58. The van der Waals surface area contributed by atoms with Crippen LogP contribution in [0.3, 0.4) is 0 Å². The van der Waals surface area contributed by atoms with Crippen LogP contribution in [0.4, 0.5) is 0 Å². The molecule has 0 radical (unpaired) electrons. The molecule has 6 nitrogen and oxygen atoms in total. The first kappa shape index (κ1) is 20.5.